The van der Waals surface area contributed by atoms with Crippen molar-refractivity contribution in [3.63, 3.8) is 0 Å². The van der Waals surface area contributed by atoms with Crippen molar-refractivity contribution in [2.45, 2.75) is 50.2 Å². The molecule has 27 heavy (non-hydrogen) atoms. The number of morpholine rings is 1. The molecule has 2 saturated heterocycles. The number of nitrogens with zero attached hydrogens (tertiary/aromatic N) is 2. The Labute approximate surface area is 161 Å². The summed E-state index contributed by atoms with van der Waals surface area (Å²) in [5.74, 6) is -0.267. The molecule has 0 bridgehead atoms. The van der Waals surface area contributed by atoms with Crippen molar-refractivity contribution in [1.29, 1.82) is 0 Å². The van der Waals surface area contributed by atoms with Gasteiger partial charge in [0, 0.05) is 38.9 Å². The Morgan fingerprint density at radius 3 is 2.33 bits per heavy atom. The summed E-state index contributed by atoms with van der Waals surface area (Å²) in [7, 11) is -2.12. The number of ether oxygens (including phenoxy) is 1. The fourth-order valence-electron chi connectivity index (χ4n) is 3.88. The van der Waals surface area contributed by atoms with Crippen molar-refractivity contribution >= 4 is 21.6 Å². The number of benzene rings is 1. The van der Waals surface area contributed by atoms with Crippen LogP contribution in [0.5, 0.6) is 0 Å². The van der Waals surface area contributed by atoms with E-state index in [1.54, 1.807) is 19.2 Å². The van der Waals surface area contributed by atoms with Crippen LogP contribution in [0.4, 0.5) is 5.69 Å². The quantitative estimate of drug-likeness (QED) is 0.842. The van der Waals surface area contributed by atoms with Gasteiger partial charge in [0.05, 0.1) is 22.7 Å². The Hall–Kier alpha value is -1.64. The third-order valence-corrected chi connectivity index (χ3v) is 6.99. The second-order valence-electron chi connectivity index (χ2n) is 7.39. The summed E-state index contributed by atoms with van der Waals surface area (Å²) in [5, 5.41) is 2.64. The lowest BCUT2D eigenvalue weighted by Gasteiger charge is -2.35. The van der Waals surface area contributed by atoms with Gasteiger partial charge in [-0.25, -0.2) is 8.42 Å². The topological polar surface area (TPSA) is 79.0 Å². The lowest BCUT2D eigenvalue weighted by Crippen LogP contribution is -2.48. The van der Waals surface area contributed by atoms with Crippen LogP contribution in [0.2, 0.25) is 0 Å². The van der Waals surface area contributed by atoms with Crippen molar-refractivity contribution in [3.05, 3.63) is 23.8 Å². The minimum Gasteiger partial charge on any atom is -0.373 e. The predicted molar refractivity (Wildman–Crippen MR) is 105 cm³/mol. The molecular formula is C19H29N3O4S. The summed E-state index contributed by atoms with van der Waals surface area (Å²) in [6.45, 7) is 6.13. The Morgan fingerprint density at radius 1 is 1.11 bits per heavy atom. The second kappa shape index (κ2) is 8.16. The van der Waals surface area contributed by atoms with Crippen molar-refractivity contribution in [3.8, 4) is 0 Å². The largest absolute Gasteiger partial charge is 0.373 e. The van der Waals surface area contributed by atoms with Crippen LogP contribution in [0.1, 0.15) is 43.5 Å². The summed E-state index contributed by atoms with van der Waals surface area (Å²) < 4.78 is 33.4. The zero-order valence-corrected chi connectivity index (χ0v) is 17.1. The van der Waals surface area contributed by atoms with Gasteiger partial charge in [-0.05, 0) is 51.3 Å². The molecule has 3 rings (SSSR count). The minimum atomic E-state index is -3.68. The SMILES string of the molecule is CNC(=O)c1cc(S(=O)(=O)N2C[C@H](C)O[C@@H](C)C2)ccc1N1CCCCC1. The number of hydrogen-bond acceptors (Lipinski definition) is 5. The highest BCUT2D eigenvalue weighted by molar-refractivity contribution is 7.89. The molecule has 1 aromatic rings. The fraction of sp³-hybridized carbons (Fsp3) is 0.632. The lowest BCUT2D eigenvalue weighted by molar-refractivity contribution is -0.0440. The first-order valence-corrected chi connectivity index (χ1v) is 11.0. The number of amides is 1. The van der Waals surface area contributed by atoms with E-state index in [9.17, 15) is 13.2 Å². The van der Waals surface area contributed by atoms with Crippen LogP contribution in [-0.2, 0) is 14.8 Å². The summed E-state index contributed by atoms with van der Waals surface area (Å²) in [6, 6.07) is 4.91. The van der Waals surface area contributed by atoms with Crippen molar-refractivity contribution in [2.75, 3.05) is 38.1 Å². The monoisotopic (exact) mass is 395 g/mol. The van der Waals surface area contributed by atoms with Crippen molar-refractivity contribution in [2.24, 2.45) is 0 Å². The standard InChI is InChI=1S/C19H29N3O4S/c1-14-12-22(13-15(2)26-14)27(24,25)16-7-8-18(17(11-16)19(23)20-3)21-9-5-4-6-10-21/h7-8,11,14-15H,4-6,9-10,12-13H2,1-3H3,(H,20,23)/t14-,15-/m0/s1. The first kappa shape index (κ1) is 20.1. The Balaban J connectivity index is 1.97. The molecule has 8 heteroatoms. The van der Waals surface area contributed by atoms with E-state index in [1.807, 2.05) is 13.8 Å². The first-order valence-electron chi connectivity index (χ1n) is 9.59. The number of piperidine rings is 1. The van der Waals surface area contributed by atoms with Gasteiger partial charge in [0.25, 0.3) is 5.91 Å². The molecule has 1 amide bonds. The molecule has 0 aliphatic carbocycles. The minimum absolute atomic E-state index is 0.156. The molecule has 2 fully saturated rings. The smallest absolute Gasteiger partial charge is 0.253 e. The lowest BCUT2D eigenvalue weighted by atomic mass is 10.1. The van der Waals surface area contributed by atoms with E-state index in [0.29, 0.717) is 18.7 Å². The molecule has 1 N–H and O–H groups in total. The van der Waals surface area contributed by atoms with Gasteiger partial charge in [-0.2, -0.15) is 4.31 Å². The zero-order valence-electron chi connectivity index (χ0n) is 16.3. The van der Waals surface area contributed by atoms with Crippen molar-refractivity contribution in [1.82, 2.24) is 9.62 Å². The third kappa shape index (κ3) is 4.28. The molecule has 150 valence electrons. The van der Waals surface area contributed by atoms with Gasteiger partial charge in [0.15, 0.2) is 0 Å². The van der Waals surface area contributed by atoms with Gasteiger partial charge >= 0.3 is 0 Å². The Morgan fingerprint density at radius 2 is 1.74 bits per heavy atom. The molecule has 2 atom stereocenters. The number of hydrogen-bond donors (Lipinski definition) is 1. The molecule has 1 aromatic carbocycles. The van der Waals surface area contributed by atoms with Gasteiger partial charge in [-0.3, -0.25) is 4.79 Å². The van der Waals surface area contributed by atoms with E-state index < -0.39 is 10.0 Å². The predicted octanol–water partition coefficient (Wildman–Crippen LogP) is 1.83. The van der Waals surface area contributed by atoms with E-state index in [-0.39, 0.29) is 23.0 Å². The Kier molecular flexibility index (Phi) is 6.08. The Bertz CT molecular complexity index is 780. The van der Waals surface area contributed by atoms with Crippen molar-refractivity contribution < 1.29 is 17.9 Å². The average molecular weight is 396 g/mol. The molecule has 0 aromatic heterocycles. The molecular weight excluding hydrogens is 366 g/mol. The van der Waals surface area contributed by atoms with Crippen LogP contribution >= 0.6 is 0 Å². The summed E-state index contributed by atoms with van der Waals surface area (Å²) in [5.41, 5.74) is 1.21. The highest BCUT2D eigenvalue weighted by Gasteiger charge is 2.33. The first-order chi connectivity index (χ1) is 12.8. The van der Waals surface area contributed by atoms with Gasteiger partial charge in [-0.15, -0.1) is 0 Å². The van der Waals surface area contributed by atoms with E-state index >= 15 is 0 Å². The van der Waals surface area contributed by atoms with Gasteiger partial charge in [0.1, 0.15) is 0 Å². The molecule has 2 heterocycles. The molecule has 0 unspecified atom stereocenters. The van der Waals surface area contributed by atoms with E-state index in [4.69, 9.17) is 4.74 Å². The van der Waals surface area contributed by atoms with Gasteiger partial charge in [-0.1, -0.05) is 0 Å². The van der Waals surface area contributed by atoms with Gasteiger partial charge in [0.2, 0.25) is 10.0 Å². The van der Waals surface area contributed by atoms with Crippen LogP contribution in [0.15, 0.2) is 23.1 Å². The average Bonchev–Trinajstić information content (AvgIpc) is 2.66. The molecule has 2 aliphatic heterocycles. The van der Waals surface area contributed by atoms with Gasteiger partial charge < -0.3 is 15.0 Å². The van der Waals surface area contributed by atoms with E-state index in [1.165, 1.54) is 16.8 Å². The number of rotatable bonds is 4. The summed E-state index contributed by atoms with van der Waals surface area (Å²) >= 11 is 0. The van der Waals surface area contributed by atoms with Crippen LogP contribution in [0.25, 0.3) is 0 Å². The zero-order chi connectivity index (χ0) is 19.6. The van der Waals surface area contributed by atoms with Crippen LogP contribution in [-0.4, -0.2) is 64.1 Å². The summed E-state index contributed by atoms with van der Waals surface area (Å²) in [6.07, 6.45) is 3.03. The van der Waals surface area contributed by atoms with E-state index in [0.717, 1.165) is 31.6 Å². The number of carbonyl (C=O) groups excluding carboxylic acids is 1. The van der Waals surface area contributed by atoms with Crippen LogP contribution in [0, 0.1) is 0 Å². The van der Waals surface area contributed by atoms with Crippen LogP contribution < -0.4 is 10.2 Å². The highest BCUT2D eigenvalue weighted by atomic mass is 32.2. The highest BCUT2D eigenvalue weighted by Crippen LogP contribution is 2.29. The molecule has 0 radical (unpaired) electrons. The summed E-state index contributed by atoms with van der Waals surface area (Å²) in [4.78, 5) is 14.8. The fourth-order valence-corrected chi connectivity index (χ4v) is 5.50. The van der Waals surface area contributed by atoms with E-state index in [2.05, 4.69) is 10.2 Å². The molecule has 0 spiro atoms. The molecule has 2 aliphatic rings. The maximum Gasteiger partial charge on any atom is 0.253 e. The number of carbonyl (C=O) groups is 1. The normalized spacial score (nSPS) is 24.6. The second-order valence-corrected chi connectivity index (χ2v) is 9.32. The number of sulfonamides is 1. The molecule has 7 nitrogen and oxygen atoms in total. The third-order valence-electron chi connectivity index (χ3n) is 5.16. The maximum absolute atomic E-state index is 13.2. The molecule has 0 saturated carbocycles. The van der Waals surface area contributed by atoms with Crippen LogP contribution in [0.3, 0.4) is 0 Å². The maximum atomic E-state index is 13.2. The number of anilines is 1. The number of nitrogens with one attached hydrogen (secondary N) is 1.